The van der Waals surface area contributed by atoms with Gasteiger partial charge in [0.15, 0.2) is 0 Å². The Morgan fingerprint density at radius 3 is 2.69 bits per heavy atom. The van der Waals surface area contributed by atoms with E-state index >= 15 is 0 Å². The topological polar surface area (TPSA) is 35.6 Å². The van der Waals surface area contributed by atoms with Crippen molar-refractivity contribution in [3.63, 3.8) is 0 Å². The Labute approximate surface area is 98.0 Å². The molecule has 1 atom stereocenters. The Kier molecular flexibility index (Phi) is 3.82. The van der Waals surface area contributed by atoms with Crippen molar-refractivity contribution in [3.05, 3.63) is 0 Å². The van der Waals surface area contributed by atoms with Gasteiger partial charge in [-0.05, 0) is 33.4 Å². The largest absolute Gasteiger partial charge is 0.341 e. The summed E-state index contributed by atoms with van der Waals surface area (Å²) in [5.41, 5.74) is 0. The molecule has 2 rings (SSSR count). The van der Waals surface area contributed by atoms with Gasteiger partial charge in [0.2, 0.25) is 5.91 Å². The molecule has 1 unspecified atom stereocenters. The quantitative estimate of drug-likeness (QED) is 0.730. The lowest BCUT2D eigenvalue weighted by atomic mass is 10.2. The average Bonchev–Trinajstić information content (AvgIpc) is 2.93. The maximum atomic E-state index is 11.9. The summed E-state index contributed by atoms with van der Waals surface area (Å²) in [5.74, 6) is 0.317. The lowest BCUT2D eigenvalue weighted by Gasteiger charge is -2.20. The first-order valence-electron chi connectivity index (χ1n) is 6.34. The molecule has 0 aromatic carbocycles. The molecule has 0 radical (unpaired) electrons. The molecule has 0 spiro atoms. The number of amides is 1. The summed E-state index contributed by atoms with van der Waals surface area (Å²) in [5, 5.41) is 3.39. The molecule has 4 heteroatoms. The second-order valence-electron chi connectivity index (χ2n) is 5.22. The number of carbonyl (C=O) groups excluding carboxylic acids is 1. The highest BCUT2D eigenvalue weighted by molar-refractivity contribution is 5.76. The van der Waals surface area contributed by atoms with Gasteiger partial charge in [0.25, 0.3) is 0 Å². The molecule has 1 N–H and O–H groups in total. The third-order valence-electron chi connectivity index (χ3n) is 3.60. The summed E-state index contributed by atoms with van der Waals surface area (Å²) in [6.07, 6.45) is 4.37. The SMILES string of the molecule is CN(C)C1CCN(C(=O)CCNC2CC2)C1. The average molecular weight is 225 g/mol. The summed E-state index contributed by atoms with van der Waals surface area (Å²) < 4.78 is 0. The summed E-state index contributed by atoms with van der Waals surface area (Å²) in [6, 6.07) is 1.27. The lowest BCUT2D eigenvalue weighted by Crippen LogP contribution is -2.35. The van der Waals surface area contributed by atoms with Crippen LogP contribution in [-0.2, 0) is 4.79 Å². The van der Waals surface area contributed by atoms with E-state index in [1.165, 1.54) is 12.8 Å². The van der Waals surface area contributed by atoms with Crippen molar-refractivity contribution in [1.29, 1.82) is 0 Å². The fraction of sp³-hybridized carbons (Fsp3) is 0.917. The van der Waals surface area contributed by atoms with Crippen LogP contribution < -0.4 is 5.32 Å². The second-order valence-corrected chi connectivity index (χ2v) is 5.22. The van der Waals surface area contributed by atoms with Gasteiger partial charge in [-0.25, -0.2) is 0 Å². The first kappa shape index (κ1) is 11.9. The van der Waals surface area contributed by atoms with Gasteiger partial charge in [0.05, 0.1) is 0 Å². The van der Waals surface area contributed by atoms with Crippen LogP contribution in [0, 0.1) is 0 Å². The Bertz CT molecular complexity index is 251. The van der Waals surface area contributed by atoms with E-state index in [9.17, 15) is 4.79 Å². The number of nitrogens with one attached hydrogen (secondary N) is 1. The van der Waals surface area contributed by atoms with Crippen LogP contribution in [0.5, 0.6) is 0 Å². The van der Waals surface area contributed by atoms with Gasteiger partial charge in [-0.15, -0.1) is 0 Å². The highest BCUT2D eigenvalue weighted by Gasteiger charge is 2.27. The van der Waals surface area contributed by atoms with Crippen LogP contribution >= 0.6 is 0 Å². The fourth-order valence-electron chi connectivity index (χ4n) is 2.22. The molecule has 4 nitrogen and oxygen atoms in total. The monoisotopic (exact) mass is 225 g/mol. The van der Waals surface area contributed by atoms with E-state index in [-0.39, 0.29) is 0 Å². The first-order chi connectivity index (χ1) is 7.66. The van der Waals surface area contributed by atoms with E-state index in [1.807, 2.05) is 4.90 Å². The smallest absolute Gasteiger partial charge is 0.223 e. The van der Waals surface area contributed by atoms with Crippen LogP contribution in [0.1, 0.15) is 25.7 Å². The molecule has 1 saturated carbocycles. The predicted octanol–water partition coefficient (Wildman–Crippen LogP) is 0.291. The third kappa shape index (κ3) is 3.19. The first-order valence-corrected chi connectivity index (χ1v) is 6.34. The number of likely N-dealkylation sites (tertiary alicyclic amines) is 1. The van der Waals surface area contributed by atoms with Gasteiger partial charge < -0.3 is 15.1 Å². The number of nitrogens with zero attached hydrogens (tertiary/aromatic N) is 2. The summed E-state index contributed by atoms with van der Waals surface area (Å²) >= 11 is 0. The number of hydrogen-bond donors (Lipinski definition) is 1. The number of rotatable bonds is 5. The lowest BCUT2D eigenvalue weighted by molar-refractivity contribution is -0.130. The minimum absolute atomic E-state index is 0.317. The van der Waals surface area contributed by atoms with Crippen molar-refractivity contribution in [2.45, 2.75) is 37.8 Å². The minimum atomic E-state index is 0.317. The van der Waals surface area contributed by atoms with Crippen molar-refractivity contribution in [2.24, 2.45) is 0 Å². The van der Waals surface area contributed by atoms with Gasteiger partial charge in [-0.1, -0.05) is 0 Å². The molecule has 92 valence electrons. The Hall–Kier alpha value is -0.610. The van der Waals surface area contributed by atoms with Crippen LogP contribution in [0.4, 0.5) is 0 Å². The highest BCUT2D eigenvalue weighted by atomic mass is 16.2. The molecule has 1 aliphatic heterocycles. The van der Waals surface area contributed by atoms with Gasteiger partial charge >= 0.3 is 0 Å². The summed E-state index contributed by atoms with van der Waals surface area (Å²) in [7, 11) is 4.18. The fourth-order valence-corrected chi connectivity index (χ4v) is 2.22. The van der Waals surface area contributed by atoms with E-state index in [1.54, 1.807) is 0 Å². The maximum absolute atomic E-state index is 11.9. The van der Waals surface area contributed by atoms with Gasteiger partial charge in [0, 0.05) is 38.1 Å². The molecule has 1 aliphatic carbocycles. The molecule has 16 heavy (non-hydrogen) atoms. The van der Waals surface area contributed by atoms with Crippen LogP contribution in [0.3, 0.4) is 0 Å². The molecule has 2 aliphatic rings. The Morgan fingerprint density at radius 1 is 1.38 bits per heavy atom. The van der Waals surface area contributed by atoms with Crippen molar-refractivity contribution >= 4 is 5.91 Å². The second kappa shape index (κ2) is 5.15. The van der Waals surface area contributed by atoms with Crippen molar-refractivity contribution < 1.29 is 4.79 Å². The van der Waals surface area contributed by atoms with Gasteiger partial charge in [-0.2, -0.15) is 0 Å². The van der Waals surface area contributed by atoms with Crippen LogP contribution in [0.2, 0.25) is 0 Å². The zero-order chi connectivity index (χ0) is 11.5. The Morgan fingerprint density at radius 2 is 2.12 bits per heavy atom. The number of carbonyl (C=O) groups is 1. The Balaban J connectivity index is 1.65. The number of hydrogen-bond acceptors (Lipinski definition) is 3. The van der Waals surface area contributed by atoms with Crippen LogP contribution in [-0.4, -0.2) is 61.5 Å². The van der Waals surface area contributed by atoms with Crippen LogP contribution in [0.25, 0.3) is 0 Å². The molecule has 1 heterocycles. The molecule has 2 fully saturated rings. The van der Waals surface area contributed by atoms with Crippen LogP contribution in [0.15, 0.2) is 0 Å². The molecular weight excluding hydrogens is 202 g/mol. The van der Waals surface area contributed by atoms with Crippen molar-refractivity contribution in [3.8, 4) is 0 Å². The zero-order valence-electron chi connectivity index (χ0n) is 10.4. The molecule has 0 aromatic rings. The molecule has 1 amide bonds. The predicted molar refractivity (Wildman–Crippen MR) is 64.3 cm³/mol. The molecule has 0 aromatic heterocycles. The molecule has 1 saturated heterocycles. The van der Waals surface area contributed by atoms with Gasteiger partial charge in [0.1, 0.15) is 0 Å². The normalized spacial score (nSPS) is 25.4. The third-order valence-corrected chi connectivity index (χ3v) is 3.60. The highest BCUT2D eigenvalue weighted by Crippen LogP contribution is 2.18. The van der Waals surface area contributed by atoms with E-state index in [4.69, 9.17) is 0 Å². The van der Waals surface area contributed by atoms with Crippen molar-refractivity contribution in [1.82, 2.24) is 15.1 Å². The van der Waals surface area contributed by atoms with E-state index in [0.29, 0.717) is 24.4 Å². The van der Waals surface area contributed by atoms with Crippen molar-refractivity contribution in [2.75, 3.05) is 33.7 Å². The summed E-state index contributed by atoms with van der Waals surface area (Å²) in [6.45, 7) is 2.70. The van der Waals surface area contributed by atoms with Gasteiger partial charge in [-0.3, -0.25) is 4.79 Å². The maximum Gasteiger partial charge on any atom is 0.223 e. The molecular formula is C12H23N3O. The summed E-state index contributed by atoms with van der Waals surface area (Å²) in [4.78, 5) is 16.1. The van der Waals surface area contributed by atoms with E-state index in [0.717, 1.165) is 26.1 Å². The van der Waals surface area contributed by atoms with E-state index in [2.05, 4.69) is 24.3 Å². The zero-order valence-corrected chi connectivity index (χ0v) is 10.4. The molecule has 0 bridgehead atoms. The minimum Gasteiger partial charge on any atom is -0.341 e. The van der Waals surface area contributed by atoms with E-state index < -0.39 is 0 Å². The number of likely N-dealkylation sites (N-methyl/N-ethyl adjacent to an activating group) is 1. The standard InChI is InChI=1S/C12H23N3O/c1-14(2)11-6-8-15(9-11)12(16)5-7-13-10-3-4-10/h10-11,13H,3-9H2,1-2H3.